The van der Waals surface area contributed by atoms with Gasteiger partial charge >= 0.3 is 11.9 Å². The zero-order chi connectivity index (χ0) is 16.4. The predicted octanol–water partition coefficient (Wildman–Crippen LogP) is 1.94. The largest absolute Gasteiger partial charge is 0.462 e. The van der Waals surface area contributed by atoms with E-state index in [9.17, 15) is 9.59 Å². The smallest absolute Gasteiger partial charge is 0.310 e. The molecule has 0 N–H and O–H groups in total. The minimum absolute atomic E-state index is 0.0830. The molecule has 0 aromatic heterocycles. The monoisotopic (exact) mass is 317 g/mol. The first-order chi connectivity index (χ1) is 11.0. The molecule has 0 radical (unpaired) electrons. The number of fused-ring (bicyclic) bond motifs is 2. The second-order valence-electron chi connectivity index (χ2n) is 6.52. The van der Waals surface area contributed by atoms with Crippen LogP contribution in [0.4, 0.5) is 0 Å². The van der Waals surface area contributed by atoms with E-state index >= 15 is 0 Å². The number of rotatable bonds is 4. The standard InChI is InChI=1S/C18H23NO4/c1-12(20)22-17-10-14-9-15(11-16(17)19(14)2)23-18(21)8-13-6-4-3-5-7-13/h3-7,14-17H,8-11H2,1-2H3/t14-,15+,16+,17-/m0/s1. The van der Waals surface area contributed by atoms with Crippen molar-refractivity contribution in [2.45, 2.75) is 56.9 Å². The fourth-order valence-electron chi connectivity index (χ4n) is 3.80. The van der Waals surface area contributed by atoms with Gasteiger partial charge in [-0.25, -0.2) is 0 Å². The van der Waals surface area contributed by atoms with E-state index < -0.39 is 0 Å². The highest BCUT2D eigenvalue weighted by Gasteiger charge is 2.47. The molecule has 2 bridgehead atoms. The van der Waals surface area contributed by atoms with Crippen LogP contribution in [0.5, 0.6) is 0 Å². The molecule has 2 fully saturated rings. The first-order valence-electron chi connectivity index (χ1n) is 8.15. The van der Waals surface area contributed by atoms with Crippen molar-refractivity contribution in [2.75, 3.05) is 7.05 Å². The molecular weight excluding hydrogens is 294 g/mol. The Morgan fingerprint density at radius 3 is 2.57 bits per heavy atom. The minimum Gasteiger partial charge on any atom is -0.462 e. The number of benzene rings is 1. The molecule has 0 aliphatic carbocycles. The van der Waals surface area contributed by atoms with Crippen molar-refractivity contribution < 1.29 is 19.1 Å². The molecule has 5 nitrogen and oxygen atoms in total. The number of carbonyl (C=O) groups excluding carboxylic acids is 2. The van der Waals surface area contributed by atoms with Gasteiger partial charge in [-0.15, -0.1) is 0 Å². The van der Waals surface area contributed by atoms with E-state index in [1.54, 1.807) is 0 Å². The highest BCUT2D eigenvalue weighted by molar-refractivity contribution is 5.72. The summed E-state index contributed by atoms with van der Waals surface area (Å²) in [5, 5.41) is 0. The zero-order valence-electron chi connectivity index (χ0n) is 13.6. The average molecular weight is 317 g/mol. The quantitative estimate of drug-likeness (QED) is 0.794. The van der Waals surface area contributed by atoms with Crippen molar-refractivity contribution >= 4 is 11.9 Å². The van der Waals surface area contributed by atoms with Crippen molar-refractivity contribution in [1.29, 1.82) is 0 Å². The second-order valence-corrected chi connectivity index (χ2v) is 6.52. The molecule has 23 heavy (non-hydrogen) atoms. The lowest BCUT2D eigenvalue weighted by atomic mass is 10.00. The maximum atomic E-state index is 12.1. The first kappa shape index (κ1) is 16.0. The van der Waals surface area contributed by atoms with Gasteiger partial charge in [0.2, 0.25) is 0 Å². The summed E-state index contributed by atoms with van der Waals surface area (Å²) in [7, 11) is 2.06. The van der Waals surface area contributed by atoms with E-state index in [0.717, 1.165) is 24.8 Å². The topological polar surface area (TPSA) is 55.8 Å². The third kappa shape index (κ3) is 3.72. The Kier molecular flexibility index (Phi) is 4.66. The van der Waals surface area contributed by atoms with E-state index in [1.165, 1.54) is 6.92 Å². The van der Waals surface area contributed by atoms with Gasteiger partial charge in [0.1, 0.15) is 12.2 Å². The Hall–Kier alpha value is -1.88. The highest BCUT2D eigenvalue weighted by atomic mass is 16.6. The molecule has 3 rings (SSSR count). The lowest BCUT2D eigenvalue weighted by Crippen LogP contribution is -2.46. The van der Waals surface area contributed by atoms with Gasteiger partial charge in [-0.2, -0.15) is 0 Å². The molecule has 0 spiro atoms. The number of likely N-dealkylation sites (N-methyl/N-ethyl adjacent to an activating group) is 1. The van der Waals surface area contributed by atoms with Crippen LogP contribution in [0, 0.1) is 0 Å². The van der Waals surface area contributed by atoms with Crippen molar-refractivity contribution in [3.63, 3.8) is 0 Å². The van der Waals surface area contributed by atoms with Gasteiger partial charge in [0.05, 0.1) is 12.5 Å². The van der Waals surface area contributed by atoms with E-state index in [1.807, 2.05) is 30.3 Å². The molecule has 2 heterocycles. The Morgan fingerprint density at radius 1 is 1.13 bits per heavy atom. The average Bonchev–Trinajstić information content (AvgIpc) is 2.67. The lowest BCUT2D eigenvalue weighted by Gasteiger charge is -2.36. The number of hydrogen-bond acceptors (Lipinski definition) is 5. The summed E-state index contributed by atoms with van der Waals surface area (Å²) in [5.74, 6) is -0.428. The molecule has 0 saturated carbocycles. The fraction of sp³-hybridized carbons (Fsp3) is 0.556. The van der Waals surface area contributed by atoms with Gasteiger partial charge in [-0.3, -0.25) is 14.5 Å². The van der Waals surface area contributed by atoms with Crippen LogP contribution in [0.2, 0.25) is 0 Å². The molecule has 124 valence electrons. The molecule has 4 atom stereocenters. The molecule has 0 amide bonds. The summed E-state index contributed by atoms with van der Waals surface area (Å²) in [4.78, 5) is 25.6. The Labute approximate surface area is 136 Å². The Bertz CT molecular complexity index is 574. The number of hydrogen-bond donors (Lipinski definition) is 0. The van der Waals surface area contributed by atoms with E-state index in [-0.39, 0.29) is 30.2 Å². The number of carbonyl (C=O) groups is 2. The van der Waals surface area contributed by atoms with E-state index in [4.69, 9.17) is 9.47 Å². The van der Waals surface area contributed by atoms with Crippen LogP contribution in [0.1, 0.15) is 31.7 Å². The maximum Gasteiger partial charge on any atom is 0.310 e. The van der Waals surface area contributed by atoms with Gasteiger partial charge in [0.15, 0.2) is 0 Å². The molecule has 2 aliphatic heterocycles. The van der Waals surface area contributed by atoms with Crippen molar-refractivity contribution in [1.82, 2.24) is 4.90 Å². The van der Waals surface area contributed by atoms with Gasteiger partial charge < -0.3 is 9.47 Å². The van der Waals surface area contributed by atoms with Gasteiger partial charge in [-0.1, -0.05) is 30.3 Å². The maximum absolute atomic E-state index is 12.1. The SMILES string of the molecule is CC(=O)O[C@H]1C[C@@H]2C[C@@H](OC(=O)Cc3ccccc3)C[C@H]1N2C. The van der Waals surface area contributed by atoms with Crippen LogP contribution in [-0.4, -0.2) is 48.2 Å². The molecular formula is C18H23NO4. The number of esters is 2. The fourth-order valence-corrected chi connectivity index (χ4v) is 3.80. The summed E-state index contributed by atoms with van der Waals surface area (Å²) in [6.07, 6.45) is 2.50. The highest BCUT2D eigenvalue weighted by Crippen LogP contribution is 2.37. The minimum atomic E-state index is -0.242. The molecule has 2 saturated heterocycles. The molecule has 1 aromatic carbocycles. The number of piperidine rings is 1. The number of nitrogens with zero attached hydrogens (tertiary/aromatic N) is 1. The summed E-state index contributed by atoms with van der Waals surface area (Å²) < 4.78 is 11.1. The Morgan fingerprint density at radius 2 is 1.87 bits per heavy atom. The molecule has 0 unspecified atom stereocenters. The first-order valence-corrected chi connectivity index (χ1v) is 8.15. The third-order valence-corrected chi connectivity index (χ3v) is 4.88. The van der Waals surface area contributed by atoms with Crippen LogP contribution >= 0.6 is 0 Å². The van der Waals surface area contributed by atoms with Crippen LogP contribution < -0.4 is 0 Å². The van der Waals surface area contributed by atoms with Gasteiger partial charge in [-0.05, 0) is 12.6 Å². The van der Waals surface area contributed by atoms with Gasteiger partial charge in [0, 0.05) is 32.2 Å². The normalized spacial score (nSPS) is 30.0. The molecule has 1 aromatic rings. The van der Waals surface area contributed by atoms with Crippen molar-refractivity contribution in [3.8, 4) is 0 Å². The third-order valence-electron chi connectivity index (χ3n) is 4.88. The van der Waals surface area contributed by atoms with Gasteiger partial charge in [0.25, 0.3) is 0 Å². The Balaban J connectivity index is 1.56. The summed E-state index contributed by atoms with van der Waals surface area (Å²) >= 11 is 0. The summed E-state index contributed by atoms with van der Waals surface area (Å²) in [6.45, 7) is 1.44. The van der Waals surface area contributed by atoms with Crippen LogP contribution in [0.25, 0.3) is 0 Å². The van der Waals surface area contributed by atoms with Crippen molar-refractivity contribution in [3.05, 3.63) is 35.9 Å². The van der Waals surface area contributed by atoms with E-state index in [2.05, 4.69) is 11.9 Å². The second kappa shape index (κ2) is 6.71. The summed E-state index contributed by atoms with van der Waals surface area (Å²) in [6, 6.07) is 10.1. The van der Waals surface area contributed by atoms with Crippen molar-refractivity contribution in [2.24, 2.45) is 0 Å². The van der Waals surface area contributed by atoms with Crippen LogP contribution in [0.3, 0.4) is 0 Å². The predicted molar refractivity (Wildman–Crippen MR) is 84.8 cm³/mol. The van der Waals surface area contributed by atoms with Crippen LogP contribution in [-0.2, 0) is 25.5 Å². The molecule has 5 heteroatoms. The lowest BCUT2D eigenvalue weighted by molar-refractivity contribution is -0.154. The van der Waals surface area contributed by atoms with E-state index in [0.29, 0.717) is 12.5 Å². The molecule has 2 aliphatic rings. The van der Waals surface area contributed by atoms with Crippen LogP contribution in [0.15, 0.2) is 30.3 Å². The number of ether oxygens (including phenoxy) is 2. The zero-order valence-corrected chi connectivity index (χ0v) is 13.6. The summed E-state index contributed by atoms with van der Waals surface area (Å²) in [5.41, 5.74) is 0.964.